The van der Waals surface area contributed by atoms with Gasteiger partial charge in [0.25, 0.3) is 18.3 Å². The number of anilines is 4. The van der Waals surface area contributed by atoms with Crippen molar-refractivity contribution in [3.05, 3.63) is 191 Å². The molecule has 2 atom stereocenters. The molecular weight excluding hydrogens is 1650 g/mol. The van der Waals surface area contributed by atoms with E-state index in [1.54, 1.807) is 19.9 Å². The Morgan fingerprint density at radius 1 is 0.607 bits per heavy atom. The molecule has 0 aliphatic heterocycles. The normalized spacial score (nSPS) is 11.4. The molecule has 1 aliphatic carbocycles. The molecular formula is C81H106Cl4FeK3N12Na2O9. The van der Waals surface area contributed by atoms with Crippen LogP contribution in [0.15, 0.2) is 118 Å². The molecule has 1 radical (unpaired) electrons. The molecule has 112 heavy (non-hydrogen) atoms. The van der Waals surface area contributed by atoms with Crippen LogP contribution in [-0.4, -0.2) is 188 Å². The number of halogens is 4. The Hall–Kier alpha value is -2.38. The van der Waals surface area contributed by atoms with Gasteiger partial charge in [0.1, 0.15) is 11.5 Å². The Labute approximate surface area is 835 Å². The van der Waals surface area contributed by atoms with E-state index in [-0.39, 0.29) is 203 Å². The van der Waals surface area contributed by atoms with E-state index in [1.165, 1.54) is 86.0 Å². The van der Waals surface area contributed by atoms with Crippen molar-refractivity contribution in [3.63, 3.8) is 0 Å². The smallest absolute Gasteiger partial charge is 1.00 e. The minimum atomic E-state index is -0.807. The second-order valence-electron chi connectivity index (χ2n) is 25.5. The van der Waals surface area contributed by atoms with Gasteiger partial charge in [0.05, 0.1) is 32.8 Å². The molecule has 0 saturated heterocycles. The minimum Gasteiger partial charge on any atom is 1.00 e. The molecule has 31 heteroatoms. The second kappa shape index (κ2) is 71.5. The molecule has 0 bridgehead atoms. The number of ketones is 1. The summed E-state index contributed by atoms with van der Waals surface area (Å²) >= 11 is 21.3. The number of aromatic hydroxyl groups is 1. The Bertz CT molecular complexity index is 3720. The summed E-state index contributed by atoms with van der Waals surface area (Å²) in [5.74, 6) is -0.0477. The number of benzene rings is 5. The topological polar surface area (TPSA) is 351 Å². The fourth-order valence-electron chi connectivity index (χ4n) is 9.79. The number of allylic oxidation sites excluding steroid dienone is 3. The number of ether oxygens (including phenoxy) is 2. The number of hydrogen-bond donors (Lipinski definition) is 4. The third kappa shape index (κ3) is 43.0. The quantitative estimate of drug-likeness (QED) is 0.00584. The monoisotopic (exact) mass is 1750 g/mol. The van der Waals surface area contributed by atoms with Crippen molar-refractivity contribution >= 4 is 220 Å². The molecule has 0 fully saturated rings. The minimum absolute atomic E-state index is 0. The van der Waals surface area contributed by atoms with Gasteiger partial charge in [-0.15, -0.1) is 12.4 Å². The van der Waals surface area contributed by atoms with E-state index in [1.807, 2.05) is 62.4 Å². The summed E-state index contributed by atoms with van der Waals surface area (Å²) in [6, 6.07) is 30.0. The number of nitrogen functional groups attached to an aromatic ring is 1. The van der Waals surface area contributed by atoms with Crippen LogP contribution in [0, 0.1) is 77.9 Å². The molecule has 5 aromatic rings. The maximum atomic E-state index is 13.6. The molecule has 585 valence electrons. The Balaban J connectivity index is -0.000000147. The summed E-state index contributed by atoms with van der Waals surface area (Å²) in [5, 5.41) is 62.3. The zero-order chi connectivity index (χ0) is 84.3. The van der Waals surface area contributed by atoms with Gasteiger partial charge >= 0.3 is 139 Å². The van der Waals surface area contributed by atoms with Crippen LogP contribution in [0.4, 0.5) is 28.4 Å². The Kier molecular flexibility index (Phi) is 83.2. The number of carbonyl (C=O) groups excluding carboxylic acids is 4. The fraction of sp³-hybridized carbons (Fsp3) is 0.444. The molecule has 0 aromatic heterocycles. The number of phenols is 1. The first kappa shape index (κ1) is 130. The third-order valence-electron chi connectivity index (χ3n) is 18.0. The summed E-state index contributed by atoms with van der Waals surface area (Å²) in [5.41, 5.74) is 15.8. The maximum Gasteiger partial charge on any atom is 1.00 e. The molecule has 0 saturated carbocycles. The van der Waals surface area contributed by atoms with Crippen LogP contribution in [0.5, 0.6) is 17.2 Å². The van der Waals surface area contributed by atoms with Gasteiger partial charge in [-0.1, -0.05) is 156 Å². The van der Waals surface area contributed by atoms with E-state index >= 15 is 0 Å². The third-order valence-corrected chi connectivity index (χ3v) is 19.4. The van der Waals surface area contributed by atoms with Crippen LogP contribution in [0.2, 0.25) is 10.0 Å². The largest absolute Gasteiger partial charge is 1.00 e. The van der Waals surface area contributed by atoms with E-state index < -0.39 is 23.9 Å². The van der Waals surface area contributed by atoms with Gasteiger partial charge in [-0.3, -0.25) is 19.2 Å². The van der Waals surface area contributed by atoms with Crippen molar-refractivity contribution < 1.29 is 122 Å². The number of phenolic OH excluding ortho intramolecular Hbond substituents is 1. The number of aliphatic imine (C=N–C) groups is 1. The summed E-state index contributed by atoms with van der Waals surface area (Å²) in [7, 11) is 0. The predicted molar refractivity (Wildman–Crippen MR) is 441 cm³/mol. The van der Waals surface area contributed by atoms with Gasteiger partial charge in [0, 0.05) is 111 Å². The number of carbonyl (C=O) groups is 4. The van der Waals surface area contributed by atoms with Crippen LogP contribution in [-0.2, 0) is 62.8 Å². The number of hydrogen-bond acceptors (Lipinski definition) is 19. The molecule has 2 unspecified atom stereocenters. The number of Topliss-reactive ketones (excluding diaryl/α,β-unsaturated/α-hetero) is 1. The molecule has 0 spiro atoms. The van der Waals surface area contributed by atoms with Crippen LogP contribution in [0.3, 0.4) is 0 Å². The Morgan fingerprint density at radius 3 is 1.25 bits per heavy atom. The van der Waals surface area contributed by atoms with Crippen LogP contribution in [0.1, 0.15) is 199 Å². The van der Waals surface area contributed by atoms with Gasteiger partial charge in [-0.25, -0.2) is 4.99 Å². The average Bonchev–Trinajstić information content (AvgIpc) is 0.795. The number of nitrogens with zero attached hydrogens (tertiary/aromatic N) is 9. The van der Waals surface area contributed by atoms with Gasteiger partial charge < -0.3 is 123 Å². The van der Waals surface area contributed by atoms with Gasteiger partial charge in [-0.2, -0.15) is 0 Å². The van der Waals surface area contributed by atoms with Crippen molar-refractivity contribution in [1.82, 2.24) is 5.32 Å². The number of nitrogens with two attached hydrogens (primary N) is 1. The maximum absolute atomic E-state index is 13.6. The summed E-state index contributed by atoms with van der Waals surface area (Å²) < 4.78 is 12.7. The zero-order valence-electron chi connectivity index (χ0n) is 71.3. The van der Waals surface area contributed by atoms with E-state index in [9.17, 15) is 19.5 Å². The molecule has 5 N–H and O–H groups in total. The molecule has 6 rings (SSSR count). The van der Waals surface area contributed by atoms with Crippen molar-refractivity contribution in [3.8, 4) is 17.2 Å². The fourth-order valence-corrected chi connectivity index (χ4v) is 10.4. The first-order valence-electron chi connectivity index (χ1n) is 34.9. The van der Waals surface area contributed by atoms with Crippen molar-refractivity contribution in [2.45, 2.75) is 211 Å². The molecule has 2 amide bonds. The first-order valence-corrected chi connectivity index (χ1v) is 52.0. The van der Waals surface area contributed by atoms with E-state index in [0.29, 0.717) is 46.2 Å². The van der Waals surface area contributed by atoms with E-state index in [4.69, 9.17) is 136 Å². The Morgan fingerprint density at radius 2 is 0.938 bits per heavy atom. The van der Waals surface area contributed by atoms with E-state index in [2.05, 4.69) is 172 Å². The molecule has 1 aliphatic rings. The second-order valence-corrected chi connectivity index (χ2v) is 26.7. The SMILES string of the molecule is CCC(Oc1ccc(C(C)(C)CC)cc1C(C)(C)CC)C(=O)NC1=CC(=Nc2ccc(N(CC)CC)cc2)C(C)=C(Cl)C1=O.CCC(Oc1ccc(C(C)(C)CC)cc1C(C)(C)CC)C(=O)Nc1cc(Cl)c(C)c(Cl)c1O.CCN(CC)c1ccc(N)cc1.Cl.O=CO[O-].[C-]#N.[C-]#N.[C-]#N.[C-]#N.[C-]#N.[C-]#N.[Fe+6].[H-].[K].[K][K].[Na+].[Na+]. The van der Waals surface area contributed by atoms with Crippen molar-refractivity contribution in [1.29, 1.82) is 31.6 Å². The van der Waals surface area contributed by atoms with Crippen LogP contribution in [0.25, 0.3) is 0 Å². The predicted octanol–water partition coefficient (Wildman–Crippen LogP) is 11.6. The molecule has 0 heterocycles. The van der Waals surface area contributed by atoms with Crippen LogP contribution >= 0.6 is 47.2 Å². The number of rotatable bonds is 26. The standard InChI is InChI=1S/C37H50ClN3O3.C27H37Cl2NO3.C10H16N2.6CN.CH2O3.ClH.Fe.3K.2Na.H/c1-11-31(44-32-21-16-25(36(7,8)12-2)22-28(32)37(9,10)13-3)35(43)40-30-23-29(24(6)33(38)34(30)42)39-26-17-19-27(20-18-26)41(14-4)15-5;1-9-21(25(32)30-20-15-19(28)16(4)23(29)24(20)31)33-22-13-12-17(26(5,6)10-2)14-18(22)27(7,8)11-3;1-3-12(4-2)10-7-5-9(11)6-8-10;6*1-2;2-1-4-3;;;;;;;;/h16-23,31H,11-15H2,1-10H3,(H,40,43);12-15,21,31H,9-11H2,1-8H3,(H,30,32);5-8H,3-4,11H2,1-2H3;;;;;;;1,3H;1H;;;;;;;/q;;;6*-1;;;+6;;;;2*+1;-1/p-1. The molecule has 5 aromatic carbocycles. The number of nitrogens with one attached hydrogen (secondary N) is 2. The summed E-state index contributed by atoms with van der Waals surface area (Å²) in [6.07, 6.45) is 4.78. The van der Waals surface area contributed by atoms with E-state index in [0.717, 1.165) is 80.1 Å². The van der Waals surface area contributed by atoms with Crippen LogP contribution < -0.4 is 100 Å². The zero-order valence-corrected chi connectivity index (χ0v) is 87.8. The first-order chi connectivity index (χ1) is 50.7. The van der Waals surface area contributed by atoms with Crippen molar-refractivity contribution in [2.75, 3.05) is 47.0 Å². The van der Waals surface area contributed by atoms with Gasteiger partial charge in [0.2, 0.25) is 5.78 Å². The summed E-state index contributed by atoms with van der Waals surface area (Å²) in [6.45, 7) is 74.4. The molecule has 21 nitrogen and oxygen atoms in total. The average molecular weight is 1750 g/mol. The van der Waals surface area contributed by atoms with Gasteiger partial charge in [-0.05, 0) is 197 Å². The summed E-state index contributed by atoms with van der Waals surface area (Å²) in [4.78, 5) is 60.3. The number of amides is 2. The van der Waals surface area contributed by atoms with Crippen molar-refractivity contribution in [2.24, 2.45) is 4.99 Å². The van der Waals surface area contributed by atoms with Gasteiger partial charge in [0.15, 0.2) is 18.0 Å².